The summed E-state index contributed by atoms with van der Waals surface area (Å²) in [4.78, 5) is 6.92. The number of rotatable bonds is 5. The van der Waals surface area contributed by atoms with Gasteiger partial charge in [0.15, 0.2) is 14.9 Å². The maximum atomic E-state index is 13.6. The van der Waals surface area contributed by atoms with Gasteiger partial charge in [-0.1, -0.05) is 35.3 Å². The van der Waals surface area contributed by atoms with Crippen LogP contribution in [0.25, 0.3) is 0 Å². The molecule has 0 saturated carbocycles. The molecule has 1 heterocycles. The van der Waals surface area contributed by atoms with Gasteiger partial charge in [-0.3, -0.25) is 0 Å². The first-order chi connectivity index (χ1) is 13.1. The molecule has 0 amide bonds. The summed E-state index contributed by atoms with van der Waals surface area (Å²) in [5, 5.41) is 8.90. The van der Waals surface area contributed by atoms with E-state index in [1.165, 1.54) is 24.3 Å². The zero-order chi connectivity index (χ0) is 20.6. The summed E-state index contributed by atoms with van der Waals surface area (Å²) in [6, 6.07) is 7.93. The van der Waals surface area contributed by atoms with Crippen LogP contribution in [-0.4, -0.2) is 29.7 Å². The lowest BCUT2D eigenvalue weighted by Gasteiger charge is -2.17. The van der Waals surface area contributed by atoms with E-state index in [4.69, 9.17) is 23.2 Å². The second-order valence-corrected chi connectivity index (χ2v) is 8.86. The Morgan fingerprint density at radius 1 is 1.07 bits per heavy atom. The van der Waals surface area contributed by atoms with E-state index in [0.717, 1.165) is 18.4 Å². The molecule has 0 aliphatic rings. The number of hydrogen-bond acceptors (Lipinski definition) is 4. The van der Waals surface area contributed by atoms with Gasteiger partial charge in [-0.2, -0.15) is 0 Å². The molecule has 10 heteroatoms. The zero-order valence-electron chi connectivity index (χ0n) is 14.4. The van der Waals surface area contributed by atoms with Crippen molar-refractivity contribution in [1.82, 2.24) is 9.97 Å². The molecular formula is C18H14Cl2F2N2O3S. The van der Waals surface area contributed by atoms with Crippen LogP contribution < -0.4 is 0 Å². The van der Waals surface area contributed by atoms with Gasteiger partial charge in [0.1, 0.15) is 17.5 Å². The molecule has 5 nitrogen and oxygen atoms in total. The molecule has 1 aromatic heterocycles. The Hall–Kier alpha value is -2.00. The molecule has 28 heavy (non-hydrogen) atoms. The monoisotopic (exact) mass is 446 g/mol. The van der Waals surface area contributed by atoms with E-state index in [-0.39, 0.29) is 26.6 Å². The minimum Gasteiger partial charge on any atom is -0.390 e. The Balaban J connectivity index is 2.26. The standard InChI is InChI=1S/C18H14Cl2F2N2O3S/c1-28(26,27)18-15(8-25)23-17(24-18)16(9-2-4-13(21)11(19)6-9)10-3-5-14(22)12(20)7-10/h2-7,16,25H,8H2,1H3,(H,23,24). The van der Waals surface area contributed by atoms with Gasteiger partial charge in [-0.15, -0.1) is 0 Å². The number of H-pyrrole nitrogens is 1. The molecule has 0 bridgehead atoms. The van der Waals surface area contributed by atoms with Crippen LogP contribution in [-0.2, 0) is 16.4 Å². The van der Waals surface area contributed by atoms with Crippen molar-refractivity contribution in [2.75, 3.05) is 6.26 Å². The third-order valence-electron chi connectivity index (χ3n) is 4.10. The van der Waals surface area contributed by atoms with Gasteiger partial charge in [-0.25, -0.2) is 22.2 Å². The number of aromatic amines is 1. The van der Waals surface area contributed by atoms with Crippen LogP contribution in [0, 0.1) is 11.6 Å². The van der Waals surface area contributed by atoms with Crippen LogP contribution in [0.1, 0.15) is 28.6 Å². The molecule has 0 spiro atoms. The van der Waals surface area contributed by atoms with Crippen LogP contribution in [0.3, 0.4) is 0 Å². The summed E-state index contributed by atoms with van der Waals surface area (Å²) >= 11 is 11.8. The smallest absolute Gasteiger partial charge is 0.194 e. The molecule has 0 unspecified atom stereocenters. The second-order valence-electron chi connectivity index (χ2n) is 6.12. The minimum absolute atomic E-state index is 0.00363. The normalized spacial score (nSPS) is 12.0. The number of benzene rings is 2. The van der Waals surface area contributed by atoms with Crippen LogP contribution in [0.5, 0.6) is 0 Å². The van der Waals surface area contributed by atoms with Crippen molar-refractivity contribution in [3.8, 4) is 0 Å². The van der Waals surface area contributed by atoms with Gasteiger partial charge in [0, 0.05) is 6.26 Å². The highest BCUT2D eigenvalue weighted by Crippen LogP contribution is 2.35. The van der Waals surface area contributed by atoms with Gasteiger partial charge in [0.05, 0.1) is 28.3 Å². The van der Waals surface area contributed by atoms with Gasteiger partial charge in [0.25, 0.3) is 0 Å². The number of imidazole rings is 1. The van der Waals surface area contributed by atoms with Crippen LogP contribution in [0.4, 0.5) is 8.78 Å². The highest BCUT2D eigenvalue weighted by Gasteiger charge is 2.26. The van der Waals surface area contributed by atoms with Crippen LogP contribution in [0.15, 0.2) is 41.4 Å². The molecule has 2 N–H and O–H groups in total. The summed E-state index contributed by atoms with van der Waals surface area (Å²) in [5.41, 5.74) is 0.934. The van der Waals surface area contributed by atoms with Crippen molar-refractivity contribution in [2.24, 2.45) is 0 Å². The number of hydrogen-bond donors (Lipinski definition) is 2. The van der Waals surface area contributed by atoms with E-state index in [2.05, 4.69) is 9.97 Å². The van der Waals surface area contributed by atoms with Crippen molar-refractivity contribution < 1.29 is 22.3 Å². The predicted octanol–water partition coefficient (Wildman–Crippen LogP) is 4.07. The first-order valence-electron chi connectivity index (χ1n) is 7.91. The first-order valence-corrected chi connectivity index (χ1v) is 10.6. The molecule has 0 saturated heterocycles. The molecule has 0 aliphatic carbocycles. The van der Waals surface area contributed by atoms with E-state index in [1.54, 1.807) is 0 Å². The van der Waals surface area contributed by atoms with Gasteiger partial charge in [-0.05, 0) is 35.4 Å². The van der Waals surface area contributed by atoms with Crippen molar-refractivity contribution in [1.29, 1.82) is 0 Å². The quantitative estimate of drug-likeness (QED) is 0.618. The third-order valence-corrected chi connectivity index (χ3v) is 5.72. The fraction of sp³-hybridized carbons (Fsp3) is 0.167. The third kappa shape index (κ3) is 4.05. The number of halogens is 4. The summed E-state index contributed by atoms with van der Waals surface area (Å²) in [7, 11) is -3.73. The summed E-state index contributed by atoms with van der Waals surface area (Å²) < 4.78 is 51.2. The molecule has 3 aromatic rings. The lowest BCUT2D eigenvalue weighted by Crippen LogP contribution is -2.07. The van der Waals surface area contributed by atoms with Crippen molar-refractivity contribution >= 4 is 33.0 Å². The second kappa shape index (κ2) is 7.79. The predicted molar refractivity (Wildman–Crippen MR) is 101 cm³/mol. The Morgan fingerprint density at radius 2 is 1.57 bits per heavy atom. The lowest BCUT2D eigenvalue weighted by molar-refractivity contribution is 0.273. The Morgan fingerprint density at radius 3 is 1.93 bits per heavy atom. The molecule has 148 valence electrons. The molecule has 3 rings (SSSR count). The zero-order valence-corrected chi connectivity index (χ0v) is 16.7. The number of nitrogens with zero attached hydrogens (tertiary/aromatic N) is 1. The van der Waals surface area contributed by atoms with E-state index in [1.807, 2.05) is 0 Å². The van der Waals surface area contributed by atoms with Gasteiger partial charge >= 0.3 is 0 Å². The first kappa shape index (κ1) is 20.7. The number of aromatic nitrogens is 2. The molecule has 0 fully saturated rings. The average molecular weight is 447 g/mol. The summed E-state index contributed by atoms with van der Waals surface area (Å²) in [5.74, 6) is -1.88. The van der Waals surface area contributed by atoms with Crippen molar-refractivity contribution in [2.45, 2.75) is 17.6 Å². The Kier molecular flexibility index (Phi) is 5.77. The van der Waals surface area contributed by atoms with E-state index < -0.39 is 34.0 Å². The minimum atomic E-state index is -3.73. The van der Waals surface area contributed by atoms with Crippen LogP contribution in [0.2, 0.25) is 10.0 Å². The summed E-state index contributed by atoms with van der Waals surface area (Å²) in [6.45, 7) is -0.587. The number of aliphatic hydroxyl groups is 1. The largest absolute Gasteiger partial charge is 0.390 e. The molecule has 2 aromatic carbocycles. The van der Waals surface area contributed by atoms with E-state index in [0.29, 0.717) is 11.1 Å². The van der Waals surface area contributed by atoms with Gasteiger partial charge < -0.3 is 10.1 Å². The number of aliphatic hydroxyl groups excluding tert-OH is 1. The number of sulfone groups is 1. The maximum Gasteiger partial charge on any atom is 0.194 e. The van der Waals surface area contributed by atoms with E-state index >= 15 is 0 Å². The molecular weight excluding hydrogens is 433 g/mol. The molecule has 0 atom stereocenters. The topological polar surface area (TPSA) is 83.0 Å². The highest BCUT2D eigenvalue weighted by molar-refractivity contribution is 7.90. The Bertz CT molecular complexity index is 1100. The molecule has 0 aliphatic heterocycles. The fourth-order valence-electron chi connectivity index (χ4n) is 2.86. The van der Waals surface area contributed by atoms with Crippen LogP contribution >= 0.6 is 23.2 Å². The Labute approximate surface area is 169 Å². The van der Waals surface area contributed by atoms with Crippen molar-refractivity contribution in [3.63, 3.8) is 0 Å². The van der Waals surface area contributed by atoms with Crippen molar-refractivity contribution in [3.05, 3.63) is 80.7 Å². The van der Waals surface area contributed by atoms with E-state index in [9.17, 15) is 22.3 Å². The SMILES string of the molecule is CS(=O)(=O)c1nc(C(c2ccc(F)c(Cl)c2)c2ccc(F)c(Cl)c2)[nH]c1CO. The molecule has 0 radical (unpaired) electrons. The summed E-state index contributed by atoms with van der Waals surface area (Å²) in [6.07, 6.45) is 0.963. The number of nitrogens with one attached hydrogen (secondary N) is 1. The fourth-order valence-corrected chi connectivity index (χ4v) is 4.06. The average Bonchev–Trinajstić information content (AvgIpc) is 3.06. The maximum absolute atomic E-state index is 13.6. The highest BCUT2D eigenvalue weighted by atomic mass is 35.5. The lowest BCUT2D eigenvalue weighted by atomic mass is 9.90. The van der Waals surface area contributed by atoms with Gasteiger partial charge in [0.2, 0.25) is 0 Å².